The van der Waals surface area contributed by atoms with Gasteiger partial charge >= 0.3 is 5.97 Å². The van der Waals surface area contributed by atoms with E-state index in [2.05, 4.69) is 16.8 Å². The van der Waals surface area contributed by atoms with Gasteiger partial charge in [-0.05, 0) is 25.1 Å². The van der Waals surface area contributed by atoms with Crippen LogP contribution in [0.4, 0.5) is 5.69 Å². The van der Waals surface area contributed by atoms with Crippen LogP contribution in [-0.4, -0.2) is 35.0 Å². The topological polar surface area (TPSA) is 82.3 Å². The van der Waals surface area contributed by atoms with Gasteiger partial charge in [0, 0.05) is 12.1 Å². The molecule has 0 saturated heterocycles. The monoisotopic (exact) mass is 353 g/mol. The molecule has 1 aliphatic heterocycles. The standard InChI is InChI=1S/C18H15N3O3S/c1-3-10-21-13-7-5-4-6-12(13)16(17(21)22)20-19-11(2)14-8-9-15(25-14)18(23)24/h3-9H,1,10H2,2H3,(H,23,24)/b19-11-,20-16-. The van der Waals surface area contributed by atoms with Gasteiger partial charge in [0.25, 0.3) is 5.91 Å². The molecule has 0 aliphatic carbocycles. The molecule has 126 valence electrons. The van der Waals surface area contributed by atoms with Crippen molar-refractivity contribution in [3.05, 3.63) is 64.4 Å². The number of hydrogen-bond acceptors (Lipinski definition) is 5. The van der Waals surface area contributed by atoms with Gasteiger partial charge in [-0.15, -0.1) is 23.0 Å². The van der Waals surface area contributed by atoms with Crippen molar-refractivity contribution >= 4 is 40.3 Å². The molecule has 0 spiro atoms. The summed E-state index contributed by atoms with van der Waals surface area (Å²) in [5, 5.41) is 17.3. The Morgan fingerprint density at radius 3 is 2.68 bits per heavy atom. The number of para-hydroxylation sites is 1. The van der Waals surface area contributed by atoms with Crippen LogP contribution in [-0.2, 0) is 4.79 Å². The highest BCUT2D eigenvalue weighted by Crippen LogP contribution is 2.29. The summed E-state index contributed by atoms with van der Waals surface area (Å²) in [7, 11) is 0. The molecule has 0 atom stereocenters. The van der Waals surface area contributed by atoms with Crippen molar-refractivity contribution in [3.8, 4) is 0 Å². The van der Waals surface area contributed by atoms with Crippen LogP contribution >= 0.6 is 11.3 Å². The van der Waals surface area contributed by atoms with E-state index in [-0.39, 0.29) is 16.5 Å². The summed E-state index contributed by atoms with van der Waals surface area (Å²) >= 11 is 1.12. The Hall–Kier alpha value is -3.06. The molecule has 2 aromatic rings. The maximum atomic E-state index is 12.6. The molecule has 25 heavy (non-hydrogen) atoms. The highest BCUT2D eigenvalue weighted by molar-refractivity contribution is 7.15. The van der Waals surface area contributed by atoms with Gasteiger partial charge in [-0.3, -0.25) is 4.79 Å². The van der Waals surface area contributed by atoms with Crippen LogP contribution < -0.4 is 4.90 Å². The maximum Gasteiger partial charge on any atom is 0.345 e. The minimum Gasteiger partial charge on any atom is -0.477 e. The first-order chi connectivity index (χ1) is 12.0. The molecular weight excluding hydrogens is 338 g/mol. The summed E-state index contributed by atoms with van der Waals surface area (Å²) in [6, 6.07) is 10.6. The number of nitrogens with zero attached hydrogens (tertiary/aromatic N) is 3. The Labute approximate surface area is 148 Å². The van der Waals surface area contributed by atoms with Crippen LogP contribution in [0.2, 0.25) is 0 Å². The van der Waals surface area contributed by atoms with Crippen LogP contribution in [0.3, 0.4) is 0 Å². The van der Waals surface area contributed by atoms with Crippen molar-refractivity contribution < 1.29 is 14.7 Å². The summed E-state index contributed by atoms with van der Waals surface area (Å²) in [6.07, 6.45) is 1.66. The van der Waals surface area contributed by atoms with Crippen molar-refractivity contribution in [1.82, 2.24) is 0 Å². The van der Waals surface area contributed by atoms with Gasteiger partial charge in [-0.25, -0.2) is 4.79 Å². The minimum absolute atomic E-state index is 0.227. The second-order valence-electron chi connectivity index (χ2n) is 5.32. The number of thiophene rings is 1. The van der Waals surface area contributed by atoms with Gasteiger partial charge in [0.2, 0.25) is 0 Å². The zero-order chi connectivity index (χ0) is 18.0. The van der Waals surface area contributed by atoms with Crippen LogP contribution in [0.5, 0.6) is 0 Å². The fourth-order valence-electron chi connectivity index (χ4n) is 2.49. The molecule has 1 aliphatic rings. The number of hydrogen-bond donors (Lipinski definition) is 1. The average molecular weight is 353 g/mol. The normalized spacial score (nSPS) is 15.6. The quantitative estimate of drug-likeness (QED) is 0.509. The van der Waals surface area contributed by atoms with Gasteiger partial charge < -0.3 is 10.0 Å². The summed E-state index contributed by atoms with van der Waals surface area (Å²) in [5.41, 5.74) is 2.33. The summed E-state index contributed by atoms with van der Waals surface area (Å²) < 4.78 is 0. The third-order valence-electron chi connectivity index (χ3n) is 3.68. The van der Waals surface area contributed by atoms with E-state index >= 15 is 0 Å². The van der Waals surface area contributed by atoms with Gasteiger partial charge in [-0.1, -0.05) is 24.3 Å². The Morgan fingerprint density at radius 1 is 1.28 bits per heavy atom. The fourth-order valence-corrected chi connectivity index (χ4v) is 3.28. The summed E-state index contributed by atoms with van der Waals surface area (Å²) in [6.45, 7) is 5.80. The second-order valence-corrected chi connectivity index (χ2v) is 6.41. The number of carboxylic acids is 1. The molecular formula is C18H15N3O3S. The van der Waals surface area contributed by atoms with Crippen LogP contribution in [0, 0.1) is 0 Å². The number of carbonyl (C=O) groups is 2. The number of anilines is 1. The van der Waals surface area contributed by atoms with Crippen LogP contribution in [0.25, 0.3) is 0 Å². The van der Waals surface area contributed by atoms with Crippen molar-refractivity contribution in [2.24, 2.45) is 10.2 Å². The maximum absolute atomic E-state index is 12.6. The lowest BCUT2D eigenvalue weighted by atomic mass is 10.1. The highest BCUT2D eigenvalue weighted by atomic mass is 32.1. The van der Waals surface area contributed by atoms with Crippen molar-refractivity contribution in [2.75, 3.05) is 11.4 Å². The van der Waals surface area contributed by atoms with Gasteiger partial charge in [0.1, 0.15) is 4.88 Å². The molecule has 3 rings (SSSR count). The Balaban J connectivity index is 1.96. The van der Waals surface area contributed by atoms with E-state index in [1.54, 1.807) is 24.0 Å². The van der Waals surface area contributed by atoms with E-state index in [0.717, 1.165) is 22.6 Å². The number of benzene rings is 1. The molecule has 0 saturated carbocycles. The molecule has 0 radical (unpaired) electrons. The van der Waals surface area contributed by atoms with Crippen LogP contribution in [0.1, 0.15) is 27.0 Å². The Kier molecular flexibility index (Phi) is 4.58. The molecule has 0 bridgehead atoms. The molecule has 0 unspecified atom stereocenters. The van der Waals surface area contributed by atoms with Crippen molar-refractivity contribution in [1.29, 1.82) is 0 Å². The lowest BCUT2D eigenvalue weighted by Crippen LogP contribution is -2.30. The number of fused-ring (bicyclic) bond motifs is 1. The average Bonchev–Trinajstić information content (AvgIpc) is 3.19. The first-order valence-corrected chi connectivity index (χ1v) is 8.32. The molecule has 1 amide bonds. The van der Waals surface area contributed by atoms with E-state index in [4.69, 9.17) is 5.11 Å². The van der Waals surface area contributed by atoms with Crippen molar-refractivity contribution in [3.63, 3.8) is 0 Å². The Morgan fingerprint density at radius 2 is 2.00 bits per heavy atom. The van der Waals surface area contributed by atoms with Crippen molar-refractivity contribution in [2.45, 2.75) is 6.92 Å². The number of carbonyl (C=O) groups excluding carboxylic acids is 1. The largest absolute Gasteiger partial charge is 0.477 e. The molecule has 7 heteroatoms. The third-order valence-corrected chi connectivity index (χ3v) is 4.86. The molecule has 1 N–H and O–H groups in total. The van der Waals surface area contributed by atoms with Gasteiger partial charge in [0.05, 0.1) is 16.3 Å². The predicted molar refractivity (Wildman–Crippen MR) is 99.0 cm³/mol. The number of rotatable bonds is 5. The Bertz CT molecular complexity index is 927. The smallest absolute Gasteiger partial charge is 0.345 e. The molecule has 2 heterocycles. The van der Waals surface area contributed by atoms with Gasteiger partial charge in [0.15, 0.2) is 5.71 Å². The molecule has 6 nitrogen and oxygen atoms in total. The molecule has 0 fully saturated rings. The van der Waals surface area contributed by atoms with Gasteiger partial charge in [-0.2, -0.15) is 5.10 Å². The number of aromatic carboxylic acids is 1. The predicted octanol–water partition coefficient (Wildman–Crippen LogP) is 3.19. The zero-order valence-electron chi connectivity index (χ0n) is 13.5. The lowest BCUT2D eigenvalue weighted by Gasteiger charge is -2.13. The number of amides is 1. The summed E-state index contributed by atoms with van der Waals surface area (Å²) in [4.78, 5) is 26.1. The molecule has 1 aromatic carbocycles. The SMILES string of the molecule is C=CCN1C(=O)/C(=N\N=C(\C)c2ccc(C(=O)O)s2)c2ccccc21. The third kappa shape index (κ3) is 3.14. The van der Waals surface area contributed by atoms with E-state index in [0.29, 0.717) is 17.1 Å². The van der Waals surface area contributed by atoms with Crippen LogP contribution in [0.15, 0.2) is 59.3 Å². The first-order valence-electron chi connectivity index (χ1n) is 7.51. The second kappa shape index (κ2) is 6.82. The van der Waals surface area contributed by atoms with E-state index < -0.39 is 5.97 Å². The van der Waals surface area contributed by atoms with E-state index in [9.17, 15) is 9.59 Å². The minimum atomic E-state index is -0.977. The van der Waals surface area contributed by atoms with E-state index in [1.807, 2.05) is 24.3 Å². The number of carboxylic acid groups (broad SMARTS) is 1. The zero-order valence-corrected chi connectivity index (χ0v) is 14.3. The summed E-state index contributed by atoms with van der Waals surface area (Å²) in [5.74, 6) is -1.20. The lowest BCUT2D eigenvalue weighted by molar-refractivity contribution is -0.112. The van der Waals surface area contributed by atoms with E-state index in [1.165, 1.54) is 6.07 Å². The fraction of sp³-hybridized carbons (Fsp3) is 0.111. The highest BCUT2D eigenvalue weighted by Gasteiger charge is 2.33. The molecule has 1 aromatic heterocycles. The first kappa shape index (κ1) is 16.8.